The van der Waals surface area contributed by atoms with E-state index in [1.54, 1.807) is 30.2 Å². The van der Waals surface area contributed by atoms with E-state index in [9.17, 15) is 18.8 Å². The lowest BCUT2D eigenvalue weighted by Crippen LogP contribution is -2.21. The number of anilines is 1. The number of nitriles is 1. The van der Waals surface area contributed by atoms with Gasteiger partial charge in [0.2, 0.25) is 6.41 Å². The van der Waals surface area contributed by atoms with Crippen LogP contribution in [0, 0.1) is 11.3 Å². The predicted octanol–water partition coefficient (Wildman–Crippen LogP) is 3.61. The van der Waals surface area contributed by atoms with E-state index in [2.05, 4.69) is 19.2 Å². The molecule has 1 amide bonds. The number of hydrogen-bond acceptors (Lipinski definition) is 3. The molecule has 1 rings (SSSR count). The number of hydrogen-bond donors (Lipinski definition) is 1. The van der Waals surface area contributed by atoms with Crippen LogP contribution in [0.1, 0.15) is 23.6 Å². The zero-order valence-electron chi connectivity index (χ0n) is 13.6. The van der Waals surface area contributed by atoms with Crippen LogP contribution in [-0.4, -0.2) is 19.9 Å². The second kappa shape index (κ2) is 8.63. The van der Waals surface area contributed by atoms with Gasteiger partial charge >= 0.3 is 0 Å². The second-order valence-corrected chi connectivity index (χ2v) is 4.95. The summed E-state index contributed by atoms with van der Waals surface area (Å²) in [5, 5.41) is 11.2. The average Bonchev–Trinajstić information content (AvgIpc) is 2.58. The largest absolute Gasteiger partial charge is 0.345 e. The van der Waals surface area contributed by atoms with Gasteiger partial charge in [-0.2, -0.15) is 5.26 Å². The summed E-state index contributed by atoms with van der Waals surface area (Å²) in [6.45, 7) is 9.39. The Morgan fingerprint density at radius 2 is 2.17 bits per heavy atom. The Morgan fingerprint density at radius 1 is 1.50 bits per heavy atom. The third kappa shape index (κ3) is 4.29. The van der Waals surface area contributed by atoms with Crippen molar-refractivity contribution in [3.8, 4) is 6.07 Å². The molecule has 4 nitrogen and oxygen atoms in total. The molecule has 0 aliphatic carbocycles. The highest BCUT2D eigenvalue weighted by molar-refractivity contribution is 5.69. The summed E-state index contributed by atoms with van der Waals surface area (Å²) in [7, 11) is 1.68. The molecular formula is C18H19F2N3O. The number of halogens is 2. The van der Waals surface area contributed by atoms with Gasteiger partial charge in [-0.15, -0.1) is 0 Å². The fraction of sp³-hybridized carbons (Fsp3) is 0.222. The van der Waals surface area contributed by atoms with E-state index in [0.29, 0.717) is 17.5 Å². The third-order valence-electron chi connectivity index (χ3n) is 3.55. The average molecular weight is 331 g/mol. The van der Waals surface area contributed by atoms with Crippen molar-refractivity contribution in [2.24, 2.45) is 0 Å². The molecule has 0 spiro atoms. The second-order valence-electron chi connectivity index (χ2n) is 4.95. The molecule has 24 heavy (non-hydrogen) atoms. The van der Waals surface area contributed by atoms with Crippen LogP contribution >= 0.6 is 0 Å². The molecule has 0 fully saturated rings. The number of carbonyl (C=O) groups is 1. The summed E-state index contributed by atoms with van der Waals surface area (Å²) in [5.74, 6) is 0. The van der Waals surface area contributed by atoms with E-state index in [1.807, 2.05) is 12.2 Å². The van der Waals surface area contributed by atoms with Gasteiger partial charge in [0.05, 0.1) is 17.3 Å². The first kappa shape index (κ1) is 19.1. The van der Waals surface area contributed by atoms with E-state index in [4.69, 9.17) is 0 Å². The summed E-state index contributed by atoms with van der Waals surface area (Å²) in [6.07, 6.45) is 0.698. The Morgan fingerprint density at radius 3 is 2.62 bits per heavy atom. The van der Waals surface area contributed by atoms with E-state index in [1.165, 1.54) is 0 Å². The van der Waals surface area contributed by atoms with Crippen LogP contribution in [0.25, 0.3) is 6.08 Å². The van der Waals surface area contributed by atoms with Crippen LogP contribution in [0.2, 0.25) is 0 Å². The number of likely N-dealkylation sites (N-methyl/N-ethyl adjacent to an activating group) is 1. The molecule has 6 heteroatoms. The Bertz CT molecular complexity index is 718. The van der Waals surface area contributed by atoms with Crippen molar-refractivity contribution in [3.05, 3.63) is 59.5 Å². The smallest absolute Gasteiger partial charge is 0.278 e. The maximum atomic E-state index is 12.9. The molecule has 0 saturated heterocycles. The summed E-state index contributed by atoms with van der Waals surface area (Å²) in [6, 6.07) is 5.62. The fourth-order valence-electron chi connectivity index (χ4n) is 2.18. The van der Waals surface area contributed by atoms with Crippen LogP contribution in [0.4, 0.5) is 14.5 Å². The lowest BCUT2D eigenvalue weighted by atomic mass is 10.00. The number of aryl methyl sites for hydroxylation is 1. The zero-order chi connectivity index (χ0) is 18.3. The lowest BCUT2D eigenvalue weighted by Gasteiger charge is -2.24. The van der Waals surface area contributed by atoms with Crippen LogP contribution in [-0.2, 0) is 11.2 Å². The van der Waals surface area contributed by atoms with E-state index in [-0.39, 0.29) is 12.1 Å². The monoisotopic (exact) mass is 331 g/mol. The number of allylic oxidation sites excluding steroid dienone is 2. The van der Waals surface area contributed by atoms with Crippen molar-refractivity contribution in [3.63, 3.8) is 0 Å². The van der Waals surface area contributed by atoms with Gasteiger partial charge < -0.3 is 10.2 Å². The number of nitrogens with one attached hydrogen (secondary N) is 1. The van der Waals surface area contributed by atoms with Crippen LogP contribution in [0.5, 0.6) is 0 Å². The van der Waals surface area contributed by atoms with Gasteiger partial charge in [0.25, 0.3) is 6.43 Å². The highest BCUT2D eigenvalue weighted by Crippen LogP contribution is 2.28. The van der Waals surface area contributed by atoms with Gasteiger partial charge in [-0.1, -0.05) is 26.2 Å². The molecule has 0 saturated carbocycles. The third-order valence-corrected chi connectivity index (χ3v) is 3.55. The minimum Gasteiger partial charge on any atom is -0.345 e. The van der Waals surface area contributed by atoms with Gasteiger partial charge in [-0.25, -0.2) is 8.78 Å². The summed E-state index contributed by atoms with van der Waals surface area (Å²) in [5.41, 5.74) is 2.49. The molecule has 1 aromatic rings. The van der Waals surface area contributed by atoms with E-state index >= 15 is 0 Å². The molecule has 0 aromatic heterocycles. The first-order chi connectivity index (χ1) is 11.4. The molecule has 1 aromatic carbocycles. The maximum Gasteiger partial charge on any atom is 0.278 e. The van der Waals surface area contributed by atoms with Gasteiger partial charge in [0.15, 0.2) is 0 Å². The Hall–Kier alpha value is -2.94. The highest BCUT2D eigenvalue weighted by atomic mass is 19.3. The maximum absolute atomic E-state index is 12.9. The Labute approximate surface area is 140 Å². The molecule has 0 aliphatic rings. The summed E-state index contributed by atoms with van der Waals surface area (Å²) < 4.78 is 25.8. The minimum atomic E-state index is -2.82. The molecule has 1 N–H and O–H groups in total. The van der Waals surface area contributed by atoms with Gasteiger partial charge in [-0.05, 0) is 35.8 Å². The Kier molecular flexibility index (Phi) is 6.87. The molecule has 0 bridgehead atoms. The van der Waals surface area contributed by atoms with Crippen molar-refractivity contribution in [2.75, 3.05) is 11.9 Å². The molecule has 0 aliphatic heterocycles. The van der Waals surface area contributed by atoms with E-state index in [0.717, 1.165) is 17.3 Å². The van der Waals surface area contributed by atoms with Crippen molar-refractivity contribution < 1.29 is 13.6 Å². The normalized spacial score (nSPS) is 10.9. The summed E-state index contributed by atoms with van der Waals surface area (Å²) >= 11 is 0. The number of carbonyl (C=O) groups excluding carboxylic acids is 1. The standard InChI is InChI=1S/C18H19F2N3O/c1-5-13-9-17(14(6-2)8-15(13)10-21)23(4)12(3)7-16(18(19)20)22-11-24/h5,7-9,11,18H,1,3,6H2,2,4H3,(H,22,24)/b16-7-. The highest BCUT2D eigenvalue weighted by Gasteiger charge is 2.15. The quantitative estimate of drug-likeness (QED) is 0.585. The molecule has 0 radical (unpaired) electrons. The SMILES string of the molecule is C=Cc1cc(N(C)C(=C)/C=C(\NC=O)C(F)F)c(CC)cc1C#N. The minimum absolute atomic E-state index is 0.195. The molecule has 0 heterocycles. The number of amides is 1. The lowest BCUT2D eigenvalue weighted by molar-refractivity contribution is -0.109. The van der Waals surface area contributed by atoms with Crippen LogP contribution in [0.15, 0.2) is 42.8 Å². The van der Waals surface area contributed by atoms with Crippen LogP contribution < -0.4 is 10.2 Å². The van der Waals surface area contributed by atoms with Gasteiger partial charge in [0.1, 0.15) is 0 Å². The number of rotatable bonds is 8. The zero-order valence-corrected chi connectivity index (χ0v) is 13.6. The van der Waals surface area contributed by atoms with Gasteiger partial charge in [0, 0.05) is 18.4 Å². The van der Waals surface area contributed by atoms with Crippen molar-refractivity contribution >= 4 is 18.2 Å². The number of benzene rings is 1. The first-order valence-electron chi connectivity index (χ1n) is 7.21. The number of alkyl halides is 2. The van der Waals surface area contributed by atoms with Gasteiger partial charge in [-0.3, -0.25) is 4.79 Å². The van der Waals surface area contributed by atoms with Crippen molar-refractivity contribution in [1.82, 2.24) is 5.32 Å². The predicted molar refractivity (Wildman–Crippen MR) is 91.5 cm³/mol. The topological polar surface area (TPSA) is 56.1 Å². The molecule has 126 valence electrons. The van der Waals surface area contributed by atoms with Crippen LogP contribution in [0.3, 0.4) is 0 Å². The van der Waals surface area contributed by atoms with Crippen molar-refractivity contribution in [2.45, 2.75) is 19.8 Å². The summed E-state index contributed by atoms with van der Waals surface area (Å²) in [4.78, 5) is 12.1. The molecular weight excluding hydrogens is 312 g/mol. The fourth-order valence-corrected chi connectivity index (χ4v) is 2.18. The molecule has 0 atom stereocenters. The Balaban J connectivity index is 3.32. The first-order valence-corrected chi connectivity index (χ1v) is 7.21. The van der Waals surface area contributed by atoms with Crippen molar-refractivity contribution in [1.29, 1.82) is 5.26 Å². The molecule has 0 unspecified atom stereocenters. The van der Waals surface area contributed by atoms with E-state index < -0.39 is 12.1 Å². The number of nitrogens with zero attached hydrogens (tertiary/aromatic N) is 2.